The molecule has 0 spiro atoms. The lowest BCUT2D eigenvalue weighted by Crippen LogP contribution is -2.61. The minimum Gasteiger partial charge on any atom is -0.311 e. The van der Waals surface area contributed by atoms with E-state index in [4.69, 9.17) is 0 Å². The van der Waals surface area contributed by atoms with Crippen LogP contribution in [0.1, 0.15) is 20.8 Å². The maximum atomic E-state index is 3.45. The third-order valence-corrected chi connectivity index (χ3v) is 2.24. The zero-order valence-corrected chi connectivity index (χ0v) is 6.49. The van der Waals surface area contributed by atoms with Crippen molar-refractivity contribution >= 4 is 0 Å². The summed E-state index contributed by atoms with van der Waals surface area (Å²) >= 11 is 0. The Labute approximate surface area is 57.0 Å². The second-order valence-electron chi connectivity index (χ2n) is 3.32. The van der Waals surface area contributed by atoms with Crippen LogP contribution in [-0.2, 0) is 0 Å². The highest BCUT2D eigenvalue weighted by atomic mass is 15.1. The summed E-state index contributed by atoms with van der Waals surface area (Å²) < 4.78 is 0. The van der Waals surface area contributed by atoms with Crippen molar-refractivity contribution in [3.05, 3.63) is 0 Å². The highest BCUT2D eigenvalue weighted by Crippen LogP contribution is 2.09. The van der Waals surface area contributed by atoms with E-state index >= 15 is 0 Å². The minimum absolute atomic E-state index is 0.276. The first-order valence-corrected chi connectivity index (χ1v) is 3.61. The second kappa shape index (κ2) is 2.27. The van der Waals surface area contributed by atoms with Crippen LogP contribution in [0.4, 0.5) is 0 Å². The summed E-state index contributed by atoms with van der Waals surface area (Å²) in [7, 11) is 0. The fourth-order valence-corrected chi connectivity index (χ4v) is 1.08. The van der Waals surface area contributed by atoms with Gasteiger partial charge < -0.3 is 10.6 Å². The maximum absolute atomic E-state index is 3.45. The largest absolute Gasteiger partial charge is 0.311 e. The number of nitrogens with one attached hydrogen (secondary N) is 2. The zero-order chi connectivity index (χ0) is 6.91. The van der Waals surface area contributed by atoms with Gasteiger partial charge in [0.25, 0.3) is 0 Å². The van der Waals surface area contributed by atoms with Crippen molar-refractivity contribution in [2.75, 3.05) is 13.1 Å². The van der Waals surface area contributed by atoms with E-state index in [2.05, 4.69) is 31.4 Å². The van der Waals surface area contributed by atoms with Crippen LogP contribution in [0.2, 0.25) is 0 Å². The Morgan fingerprint density at radius 3 is 2.33 bits per heavy atom. The lowest BCUT2D eigenvalue weighted by atomic mass is 9.94. The molecule has 0 saturated carbocycles. The lowest BCUT2D eigenvalue weighted by molar-refractivity contribution is 0.250. The summed E-state index contributed by atoms with van der Waals surface area (Å²) in [6.07, 6.45) is 0. The quantitative estimate of drug-likeness (QED) is 0.492. The third kappa shape index (κ3) is 1.43. The molecule has 1 unspecified atom stereocenters. The predicted octanol–water partition coefficient (Wildman–Crippen LogP) is 0.346. The van der Waals surface area contributed by atoms with Gasteiger partial charge in [0.2, 0.25) is 0 Å². The van der Waals surface area contributed by atoms with Crippen LogP contribution in [0.3, 0.4) is 0 Å². The fourth-order valence-electron chi connectivity index (χ4n) is 1.08. The molecule has 1 aliphatic rings. The van der Waals surface area contributed by atoms with Gasteiger partial charge in [-0.25, -0.2) is 0 Å². The van der Waals surface area contributed by atoms with Gasteiger partial charge in [0.15, 0.2) is 0 Å². The van der Waals surface area contributed by atoms with Gasteiger partial charge in [-0.05, 0) is 20.8 Å². The van der Waals surface area contributed by atoms with E-state index in [-0.39, 0.29) is 5.54 Å². The highest BCUT2D eigenvalue weighted by molar-refractivity contribution is 4.91. The monoisotopic (exact) mass is 128 g/mol. The zero-order valence-electron chi connectivity index (χ0n) is 6.49. The molecule has 0 aliphatic carbocycles. The van der Waals surface area contributed by atoms with Gasteiger partial charge in [-0.3, -0.25) is 0 Å². The Bertz CT molecular complexity index is 99.1. The minimum atomic E-state index is 0.276. The van der Waals surface area contributed by atoms with Crippen molar-refractivity contribution in [3.63, 3.8) is 0 Å². The molecular weight excluding hydrogens is 112 g/mol. The summed E-state index contributed by atoms with van der Waals surface area (Å²) in [5.74, 6) is 0. The Kier molecular flexibility index (Phi) is 1.78. The average molecular weight is 128 g/mol. The van der Waals surface area contributed by atoms with Crippen LogP contribution < -0.4 is 10.6 Å². The Balaban J connectivity index is 2.49. The van der Waals surface area contributed by atoms with Gasteiger partial charge in [0.1, 0.15) is 0 Å². The molecule has 0 bridgehead atoms. The molecule has 9 heavy (non-hydrogen) atoms. The van der Waals surface area contributed by atoms with Crippen LogP contribution >= 0.6 is 0 Å². The van der Waals surface area contributed by atoms with Gasteiger partial charge in [0.05, 0.1) is 0 Å². The van der Waals surface area contributed by atoms with E-state index in [1.807, 2.05) is 0 Å². The molecule has 0 aromatic rings. The number of hydrogen-bond donors (Lipinski definition) is 2. The molecule has 0 aromatic heterocycles. The SMILES string of the molecule is CC1NCCNC1(C)C. The molecule has 0 amide bonds. The summed E-state index contributed by atoms with van der Waals surface area (Å²) in [5.41, 5.74) is 0.276. The molecule has 1 fully saturated rings. The van der Waals surface area contributed by atoms with E-state index in [0.717, 1.165) is 13.1 Å². The van der Waals surface area contributed by atoms with Crippen molar-refractivity contribution < 1.29 is 0 Å². The molecule has 0 aromatic carbocycles. The van der Waals surface area contributed by atoms with Gasteiger partial charge in [0, 0.05) is 24.7 Å². The van der Waals surface area contributed by atoms with E-state index in [1.54, 1.807) is 0 Å². The first-order valence-electron chi connectivity index (χ1n) is 3.61. The second-order valence-corrected chi connectivity index (χ2v) is 3.32. The van der Waals surface area contributed by atoms with Crippen LogP contribution in [-0.4, -0.2) is 24.7 Å². The molecule has 54 valence electrons. The van der Waals surface area contributed by atoms with Crippen LogP contribution in [0, 0.1) is 0 Å². The summed E-state index contributed by atoms with van der Waals surface area (Å²) in [6, 6.07) is 0.589. The molecule has 1 heterocycles. The van der Waals surface area contributed by atoms with Gasteiger partial charge in [-0.2, -0.15) is 0 Å². The number of rotatable bonds is 0. The van der Waals surface area contributed by atoms with Crippen molar-refractivity contribution in [2.45, 2.75) is 32.4 Å². The van der Waals surface area contributed by atoms with Crippen LogP contribution in [0.5, 0.6) is 0 Å². The molecule has 1 saturated heterocycles. The van der Waals surface area contributed by atoms with E-state index in [0.29, 0.717) is 6.04 Å². The highest BCUT2D eigenvalue weighted by Gasteiger charge is 2.27. The first-order chi connectivity index (χ1) is 4.13. The Morgan fingerprint density at radius 2 is 2.00 bits per heavy atom. The molecule has 1 aliphatic heterocycles. The van der Waals surface area contributed by atoms with Crippen molar-refractivity contribution in [1.29, 1.82) is 0 Å². The van der Waals surface area contributed by atoms with E-state index in [1.165, 1.54) is 0 Å². The smallest absolute Gasteiger partial charge is 0.0276 e. The topological polar surface area (TPSA) is 24.1 Å². The van der Waals surface area contributed by atoms with E-state index < -0.39 is 0 Å². The molecule has 2 N–H and O–H groups in total. The normalized spacial score (nSPS) is 34.3. The molecule has 2 nitrogen and oxygen atoms in total. The standard InChI is InChI=1S/C7H16N2/c1-6-7(2,3)9-5-4-8-6/h6,8-9H,4-5H2,1-3H3. The van der Waals surface area contributed by atoms with Crippen LogP contribution in [0.25, 0.3) is 0 Å². The maximum Gasteiger partial charge on any atom is 0.0276 e. The molecular formula is C7H16N2. The van der Waals surface area contributed by atoms with Crippen LogP contribution in [0.15, 0.2) is 0 Å². The first kappa shape index (κ1) is 7.03. The van der Waals surface area contributed by atoms with Gasteiger partial charge in [-0.1, -0.05) is 0 Å². The molecule has 2 heteroatoms. The number of hydrogen-bond acceptors (Lipinski definition) is 2. The molecule has 0 radical (unpaired) electrons. The van der Waals surface area contributed by atoms with Crippen molar-refractivity contribution in [1.82, 2.24) is 10.6 Å². The van der Waals surface area contributed by atoms with Gasteiger partial charge in [-0.15, -0.1) is 0 Å². The molecule has 1 atom stereocenters. The average Bonchev–Trinajstić information content (AvgIpc) is 1.77. The predicted molar refractivity (Wildman–Crippen MR) is 39.5 cm³/mol. The van der Waals surface area contributed by atoms with Crippen molar-refractivity contribution in [3.8, 4) is 0 Å². The molecule has 1 rings (SSSR count). The number of piperazine rings is 1. The lowest BCUT2D eigenvalue weighted by Gasteiger charge is -2.38. The van der Waals surface area contributed by atoms with Gasteiger partial charge >= 0.3 is 0 Å². The fraction of sp³-hybridized carbons (Fsp3) is 1.00. The Morgan fingerprint density at radius 1 is 1.33 bits per heavy atom. The van der Waals surface area contributed by atoms with E-state index in [9.17, 15) is 0 Å². The Hall–Kier alpha value is -0.0800. The summed E-state index contributed by atoms with van der Waals surface area (Å²) in [5, 5.41) is 6.86. The summed E-state index contributed by atoms with van der Waals surface area (Å²) in [4.78, 5) is 0. The summed E-state index contributed by atoms with van der Waals surface area (Å²) in [6.45, 7) is 8.86. The van der Waals surface area contributed by atoms with Crippen molar-refractivity contribution in [2.24, 2.45) is 0 Å². The third-order valence-electron chi connectivity index (χ3n) is 2.24.